The first-order valence-electron chi connectivity index (χ1n) is 8.16. The first-order chi connectivity index (χ1) is 16.7. The van der Waals surface area contributed by atoms with Crippen molar-refractivity contribution in [2.75, 3.05) is 0 Å². The van der Waals surface area contributed by atoms with Crippen molar-refractivity contribution in [3.8, 4) is 11.8 Å². The minimum absolute atomic E-state index is 1.25. The van der Waals surface area contributed by atoms with Crippen LogP contribution in [0.1, 0.15) is 0 Å². The van der Waals surface area contributed by atoms with Crippen molar-refractivity contribution in [3.05, 3.63) is 0 Å². The van der Waals surface area contributed by atoms with Crippen LogP contribution < -0.4 is 0 Å². The molecule has 0 heterocycles. The van der Waals surface area contributed by atoms with Crippen molar-refractivity contribution < 1.29 is 114 Å². The fourth-order valence-corrected chi connectivity index (χ4v) is 1.86. The Hall–Kier alpha value is -2.26. The highest BCUT2D eigenvalue weighted by atomic mass is 19.4. The van der Waals surface area contributed by atoms with Gasteiger partial charge in [0.1, 0.15) is 0 Å². The SMILES string of the molecule is FC(F)(F)C(F)(F)C#CC(F)(F)C(F)(F)C(F)(F)C(F)(F)C(F)(F)C(F)(F)C(F)(F)C(F)(F)C(F)(F)C(F)(F)F. The molecule has 238 valence electrons. The van der Waals surface area contributed by atoms with E-state index >= 15 is 0 Å². The molecular formula is C14F26. The lowest BCUT2D eigenvalue weighted by molar-refractivity contribution is -0.472. The van der Waals surface area contributed by atoms with E-state index in [1.165, 1.54) is 0 Å². The van der Waals surface area contributed by atoms with Crippen molar-refractivity contribution in [1.82, 2.24) is 0 Å². The molecule has 0 saturated carbocycles. The summed E-state index contributed by atoms with van der Waals surface area (Å²) in [5.41, 5.74) is 0. The maximum absolute atomic E-state index is 13.5. The Morgan fingerprint density at radius 1 is 0.200 bits per heavy atom. The van der Waals surface area contributed by atoms with Crippen molar-refractivity contribution in [2.24, 2.45) is 0 Å². The molecule has 0 rings (SSSR count). The predicted molar refractivity (Wildman–Crippen MR) is 69.4 cm³/mol. The second-order valence-corrected chi connectivity index (χ2v) is 6.99. The Kier molecular flexibility index (Phi) is 8.60. The van der Waals surface area contributed by atoms with Crippen LogP contribution in [-0.4, -0.2) is 71.6 Å². The van der Waals surface area contributed by atoms with E-state index in [1.807, 2.05) is 0 Å². The van der Waals surface area contributed by atoms with Gasteiger partial charge in [-0.3, -0.25) is 0 Å². The second kappa shape index (κ2) is 9.12. The van der Waals surface area contributed by atoms with E-state index in [2.05, 4.69) is 0 Å². The Morgan fingerprint density at radius 3 is 0.625 bits per heavy atom. The Bertz CT molecular complexity index is 991. The van der Waals surface area contributed by atoms with Gasteiger partial charge in [0.05, 0.1) is 0 Å². The van der Waals surface area contributed by atoms with Crippen LogP contribution in [0.3, 0.4) is 0 Å². The fraction of sp³-hybridized carbons (Fsp3) is 0.857. The lowest BCUT2D eigenvalue weighted by Crippen LogP contribution is -2.76. The molecule has 0 atom stereocenters. The van der Waals surface area contributed by atoms with Gasteiger partial charge in [0, 0.05) is 0 Å². The van der Waals surface area contributed by atoms with Crippen LogP contribution in [0.2, 0.25) is 0 Å². The molecule has 0 aromatic carbocycles. The predicted octanol–water partition coefficient (Wildman–Crippen LogP) is 8.47. The van der Waals surface area contributed by atoms with Crippen LogP contribution in [0, 0.1) is 11.8 Å². The van der Waals surface area contributed by atoms with Gasteiger partial charge in [-0.1, -0.05) is 0 Å². The summed E-state index contributed by atoms with van der Waals surface area (Å²) in [4.78, 5) is 0. The maximum Gasteiger partial charge on any atom is 0.466 e. The van der Waals surface area contributed by atoms with Crippen LogP contribution in [0.15, 0.2) is 0 Å². The van der Waals surface area contributed by atoms with Crippen LogP contribution in [0.5, 0.6) is 0 Å². The molecule has 40 heavy (non-hydrogen) atoms. The highest BCUT2D eigenvalue weighted by Gasteiger charge is 2.97. The summed E-state index contributed by atoms with van der Waals surface area (Å²) in [7, 11) is 0. The van der Waals surface area contributed by atoms with Gasteiger partial charge in [-0.2, -0.15) is 114 Å². The average molecular weight is 662 g/mol. The van der Waals surface area contributed by atoms with Gasteiger partial charge in [0.2, 0.25) is 0 Å². The fourth-order valence-electron chi connectivity index (χ4n) is 1.86. The van der Waals surface area contributed by atoms with E-state index in [9.17, 15) is 114 Å². The Balaban J connectivity index is 7.18. The Labute approximate surface area is 199 Å². The molecule has 0 nitrogen and oxygen atoms in total. The first kappa shape index (κ1) is 37.7. The largest absolute Gasteiger partial charge is 0.466 e. The number of halogens is 26. The second-order valence-electron chi connectivity index (χ2n) is 6.99. The van der Waals surface area contributed by atoms with E-state index in [4.69, 9.17) is 0 Å². The van der Waals surface area contributed by atoms with Gasteiger partial charge >= 0.3 is 71.6 Å². The quantitative estimate of drug-likeness (QED) is 0.181. The lowest BCUT2D eigenvalue weighted by Gasteiger charge is -2.44. The third kappa shape index (κ3) is 4.81. The third-order valence-electron chi connectivity index (χ3n) is 4.24. The van der Waals surface area contributed by atoms with Gasteiger partial charge in [-0.15, -0.1) is 0 Å². The van der Waals surface area contributed by atoms with E-state index in [-0.39, 0.29) is 0 Å². The summed E-state index contributed by atoms with van der Waals surface area (Å²) in [5.74, 6) is -90.8. The van der Waals surface area contributed by atoms with Crippen molar-refractivity contribution in [1.29, 1.82) is 0 Å². The van der Waals surface area contributed by atoms with Crippen LogP contribution in [0.25, 0.3) is 0 Å². The standard InChI is InChI=1S/C14F26/c15-3(16,1-2-4(17,18)13(35,36)37)5(19,20)6(21,22)7(23,24)8(25,26)9(27,28)10(29,30)11(31,32)12(33,34)14(38,39)40. The number of alkyl halides is 26. The van der Waals surface area contributed by atoms with E-state index in [1.54, 1.807) is 0 Å². The van der Waals surface area contributed by atoms with Gasteiger partial charge < -0.3 is 0 Å². The zero-order chi connectivity index (χ0) is 33.4. The van der Waals surface area contributed by atoms with Gasteiger partial charge in [-0.25, -0.2) is 0 Å². The van der Waals surface area contributed by atoms with Crippen LogP contribution in [-0.2, 0) is 0 Å². The van der Waals surface area contributed by atoms with Crippen LogP contribution >= 0.6 is 0 Å². The maximum atomic E-state index is 13.5. The lowest BCUT2D eigenvalue weighted by atomic mass is 9.86. The molecule has 0 fully saturated rings. The van der Waals surface area contributed by atoms with Gasteiger partial charge in [-0.05, 0) is 11.8 Å². The summed E-state index contributed by atoms with van der Waals surface area (Å²) in [6, 6.07) is 0. The van der Waals surface area contributed by atoms with E-state index < -0.39 is 83.4 Å². The highest BCUT2D eigenvalue weighted by Crippen LogP contribution is 2.66. The molecule has 0 amide bonds. The summed E-state index contributed by atoms with van der Waals surface area (Å²) < 4.78 is 334. The van der Waals surface area contributed by atoms with Crippen molar-refractivity contribution >= 4 is 0 Å². The summed E-state index contributed by atoms with van der Waals surface area (Å²) in [6.07, 6.45) is -15.3. The van der Waals surface area contributed by atoms with E-state index in [0.29, 0.717) is 0 Å². The molecule has 0 aliphatic heterocycles. The minimum atomic E-state index is -9.49. The topological polar surface area (TPSA) is 0 Å². The van der Waals surface area contributed by atoms with Gasteiger partial charge in [0.25, 0.3) is 0 Å². The minimum Gasteiger partial charge on any atom is -0.192 e. The van der Waals surface area contributed by atoms with Gasteiger partial charge in [0.15, 0.2) is 0 Å². The molecule has 0 radical (unpaired) electrons. The average Bonchev–Trinajstić information content (AvgIpc) is 2.69. The van der Waals surface area contributed by atoms with E-state index in [0.717, 1.165) is 0 Å². The molecule has 0 spiro atoms. The summed E-state index contributed by atoms with van der Waals surface area (Å²) in [6.45, 7) is 0. The molecule has 0 aromatic heterocycles. The number of hydrogen-bond acceptors (Lipinski definition) is 0. The van der Waals surface area contributed by atoms with Crippen LogP contribution in [0.4, 0.5) is 114 Å². The van der Waals surface area contributed by atoms with Crippen molar-refractivity contribution in [2.45, 2.75) is 71.6 Å². The number of rotatable bonds is 8. The summed E-state index contributed by atoms with van der Waals surface area (Å²) >= 11 is 0. The molecular weight excluding hydrogens is 662 g/mol. The molecule has 26 heteroatoms. The molecule has 0 aliphatic rings. The zero-order valence-electron chi connectivity index (χ0n) is 16.8. The Morgan fingerprint density at radius 2 is 0.400 bits per heavy atom. The first-order valence-corrected chi connectivity index (χ1v) is 8.16. The smallest absolute Gasteiger partial charge is 0.192 e. The molecule has 0 aromatic rings. The summed E-state index contributed by atoms with van der Waals surface area (Å²) in [5, 5.41) is 0. The molecule has 0 bridgehead atoms. The normalized spacial score (nSPS) is 16.6. The van der Waals surface area contributed by atoms with Crippen molar-refractivity contribution in [3.63, 3.8) is 0 Å². The monoisotopic (exact) mass is 662 g/mol. The molecule has 0 N–H and O–H groups in total. The molecule has 0 aliphatic carbocycles. The molecule has 0 unspecified atom stereocenters. The highest BCUT2D eigenvalue weighted by molar-refractivity contribution is 5.25. The third-order valence-corrected chi connectivity index (χ3v) is 4.24. The number of hydrogen-bond donors (Lipinski definition) is 0. The zero-order valence-corrected chi connectivity index (χ0v) is 16.8. The molecule has 0 saturated heterocycles.